The molecule has 2 bridgehead atoms. The Balaban J connectivity index is 0.00000120. The van der Waals surface area contributed by atoms with Crippen molar-refractivity contribution in [3.05, 3.63) is 22.4 Å². The molecule has 0 aliphatic heterocycles. The van der Waals surface area contributed by atoms with Gasteiger partial charge in [-0.2, -0.15) is 0 Å². The van der Waals surface area contributed by atoms with Crippen LogP contribution in [0, 0.1) is 17.8 Å². The molecule has 3 N–H and O–H groups in total. The lowest BCUT2D eigenvalue weighted by Gasteiger charge is -2.26. The number of thiophene rings is 1. The summed E-state index contributed by atoms with van der Waals surface area (Å²) in [6, 6.07) is 4.15. The Morgan fingerprint density at radius 1 is 1.44 bits per heavy atom. The van der Waals surface area contributed by atoms with Crippen LogP contribution in [0.2, 0.25) is 0 Å². The minimum Gasteiger partial charge on any atom is -0.351 e. The van der Waals surface area contributed by atoms with Crippen LogP contribution in [0.1, 0.15) is 24.1 Å². The van der Waals surface area contributed by atoms with E-state index in [1.165, 1.54) is 17.7 Å². The molecule has 1 heterocycles. The number of fused-ring (bicyclic) bond motifs is 2. The predicted octanol–water partition coefficient (Wildman–Crippen LogP) is 2.16. The number of carbonyl (C=O) groups is 1. The third-order valence-corrected chi connectivity index (χ3v) is 5.18. The molecule has 1 amide bonds. The number of halogens is 1. The van der Waals surface area contributed by atoms with Crippen molar-refractivity contribution in [1.82, 2.24) is 5.32 Å². The van der Waals surface area contributed by atoms with Crippen LogP contribution in [0.15, 0.2) is 17.5 Å². The molecular weight excluding hydrogens is 268 g/mol. The standard InChI is InChI=1S/C13H18N2OS.ClH/c14-12-9-4-3-8(6-9)11(12)13(16)15-7-10-2-1-5-17-10;/h1-2,5,8-9,11-12H,3-4,6-7,14H2,(H,15,16);1H. The number of hydrogen-bond donors (Lipinski definition) is 2. The minimum atomic E-state index is 0. The Bertz CT molecular complexity index is 407. The molecule has 4 atom stereocenters. The van der Waals surface area contributed by atoms with Gasteiger partial charge in [0, 0.05) is 10.9 Å². The molecular formula is C13H19ClN2OS. The largest absolute Gasteiger partial charge is 0.351 e. The van der Waals surface area contributed by atoms with Gasteiger partial charge in [0.05, 0.1) is 12.5 Å². The number of nitrogens with one attached hydrogen (secondary N) is 1. The lowest BCUT2D eigenvalue weighted by Crippen LogP contribution is -2.45. The molecule has 5 heteroatoms. The van der Waals surface area contributed by atoms with Gasteiger partial charge in [0.15, 0.2) is 0 Å². The zero-order valence-corrected chi connectivity index (χ0v) is 11.8. The van der Waals surface area contributed by atoms with E-state index in [4.69, 9.17) is 5.73 Å². The number of hydrogen-bond acceptors (Lipinski definition) is 3. The van der Waals surface area contributed by atoms with Crippen LogP contribution in [0.25, 0.3) is 0 Å². The van der Waals surface area contributed by atoms with E-state index in [1.807, 2.05) is 17.5 Å². The number of amides is 1. The van der Waals surface area contributed by atoms with E-state index < -0.39 is 0 Å². The number of nitrogens with two attached hydrogens (primary N) is 1. The fraction of sp³-hybridized carbons (Fsp3) is 0.615. The smallest absolute Gasteiger partial charge is 0.225 e. The van der Waals surface area contributed by atoms with Crippen molar-refractivity contribution in [1.29, 1.82) is 0 Å². The molecule has 100 valence electrons. The highest BCUT2D eigenvalue weighted by Crippen LogP contribution is 2.47. The van der Waals surface area contributed by atoms with Crippen LogP contribution in [0.5, 0.6) is 0 Å². The topological polar surface area (TPSA) is 55.1 Å². The second kappa shape index (κ2) is 5.59. The molecule has 4 unspecified atom stereocenters. The summed E-state index contributed by atoms with van der Waals surface area (Å²) < 4.78 is 0. The van der Waals surface area contributed by atoms with Gasteiger partial charge in [-0.3, -0.25) is 4.79 Å². The minimum absolute atomic E-state index is 0. The summed E-state index contributed by atoms with van der Waals surface area (Å²) in [5.41, 5.74) is 6.16. The van der Waals surface area contributed by atoms with Gasteiger partial charge in [-0.1, -0.05) is 6.07 Å². The van der Waals surface area contributed by atoms with E-state index in [-0.39, 0.29) is 30.3 Å². The van der Waals surface area contributed by atoms with Crippen LogP contribution in [0.3, 0.4) is 0 Å². The quantitative estimate of drug-likeness (QED) is 0.895. The van der Waals surface area contributed by atoms with E-state index >= 15 is 0 Å². The van der Waals surface area contributed by atoms with E-state index in [1.54, 1.807) is 11.3 Å². The third kappa shape index (κ3) is 2.42. The van der Waals surface area contributed by atoms with Gasteiger partial charge in [-0.15, -0.1) is 23.7 Å². The highest BCUT2D eigenvalue weighted by molar-refractivity contribution is 7.09. The fourth-order valence-corrected chi connectivity index (χ4v) is 4.07. The first-order valence-corrected chi connectivity index (χ1v) is 7.19. The zero-order valence-electron chi connectivity index (χ0n) is 10.2. The van der Waals surface area contributed by atoms with Crippen molar-refractivity contribution in [2.24, 2.45) is 23.5 Å². The summed E-state index contributed by atoms with van der Waals surface area (Å²) >= 11 is 1.68. The first kappa shape index (κ1) is 13.8. The summed E-state index contributed by atoms with van der Waals surface area (Å²) in [5, 5.41) is 5.07. The molecule has 0 aromatic carbocycles. The van der Waals surface area contributed by atoms with Crippen molar-refractivity contribution >= 4 is 29.7 Å². The second-order valence-electron chi connectivity index (χ2n) is 5.23. The van der Waals surface area contributed by atoms with E-state index in [0.29, 0.717) is 18.4 Å². The molecule has 2 fully saturated rings. The van der Waals surface area contributed by atoms with Crippen molar-refractivity contribution in [3.63, 3.8) is 0 Å². The lowest BCUT2D eigenvalue weighted by atomic mass is 9.84. The summed E-state index contributed by atoms with van der Waals surface area (Å²) in [4.78, 5) is 13.4. The summed E-state index contributed by atoms with van der Waals surface area (Å²) in [6.07, 6.45) is 3.58. The normalized spacial score (nSPS) is 33.2. The molecule has 2 aliphatic rings. The Hall–Kier alpha value is -0.580. The predicted molar refractivity (Wildman–Crippen MR) is 75.7 cm³/mol. The van der Waals surface area contributed by atoms with Crippen molar-refractivity contribution in [2.45, 2.75) is 31.8 Å². The van der Waals surface area contributed by atoms with Gasteiger partial charge < -0.3 is 11.1 Å². The SMILES string of the molecule is Cl.NC1C2CCC(C2)C1C(=O)NCc1cccs1. The average molecular weight is 287 g/mol. The highest BCUT2D eigenvalue weighted by Gasteiger charge is 2.48. The van der Waals surface area contributed by atoms with Crippen molar-refractivity contribution in [3.8, 4) is 0 Å². The van der Waals surface area contributed by atoms with Gasteiger partial charge >= 0.3 is 0 Å². The molecule has 2 saturated carbocycles. The van der Waals surface area contributed by atoms with Crippen LogP contribution in [0.4, 0.5) is 0 Å². The Morgan fingerprint density at radius 3 is 2.83 bits per heavy atom. The van der Waals surface area contributed by atoms with Gasteiger partial charge in [-0.25, -0.2) is 0 Å². The first-order valence-electron chi connectivity index (χ1n) is 6.31. The third-order valence-electron chi connectivity index (χ3n) is 4.30. The molecule has 3 nitrogen and oxygen atoms in total. The van der Waals surface area contributed by atoms with Gasteiger partial charge in [0.1, 0.15) is 0 Å². The second-order valence-corrected chi connectivity index (χ2v) is 6.27. The first-order chi connectivity index (χ1) is 8.25. The van der Waals surface area contributed by atoms with E-state index in [0.717, 1.165) is 6.42 Å². The monoisotopic (exact) mass is 286 g/mol. The highest BCUT2D eigenvalue weighted by atomic mass is 35.5. The fourth-order valence-electron chi connectivity index (χ4n) is 3.43. The van der Waals surface area contributed by atoms with Gasteiger partial charge in [0.2, 0.25) is 5.91 Å². The van der Waals surface area contributed by atoms with Gasteiger partial charge in [0.25, 0.3) is 0 Å². The molecule has 1 aromatic rings. The van der Waals surface area contributed by atoms with Crippen LogP contribution < -0.4 is 11.1 Å². The molecule has 0 saturated heterocycles. The van der Waals surface area contributed by atoms with Crippen molar-refractivity contribution < 1.29 is 4.79 Å². The summed E-state index contributed by atoms with van der Waals surface area (Å²) in [6.45, 7) is 0.650. The molecule has 2 aliphatic carbocycles. The maximum Gasteiger partial charge on any atom is 0.225 e. The average Bonchev–Trinajstić information content (AvgIpc) is 3.02. The summed E-state index contributed by atoms with van der Waals surface area (Å²) in [7, 11) is 0. The Kier molecular flexibility index (Phi) is 4.30. The molecule has 0 radical (unpaired) electrons. The molecule has 1 aromatic heterocycles. The molecule has 0 spiro atoms. The van der Waals surface area contributed by atoms with E-state index in [9.17, 15) is 4.79 Å². The molecule has 3 rings (SSSR count). The molecule has 18 heavy (non-hydrogen) atoms. The number of rotatable bonds is 3. The Morgan fingerprint density at radius 2 is 2.22 bits per heavy atom. The van der Waals surface area contributed by atoms with E-state index in [2.05, 4.69) is 5.32 Å². The van der Waals surface area contributed by atoms with Gasteiger partial charge in [-0.05, 0) is 42.5 Å². The maximum absolute atomic E-state index is 12.2. The summed E-state index contributed by atoms with van der Waals surface area (Å²) in [5.74, 6) is 1.36. The Labute approximate surface area is 118 Å². The lowest BCUT2D eigenvalue weighted by molar-refractivity contribution is -0.127. The van der Waals surface area contributed by atoms with Crippen molar-refractivity contribution in [2.75, 3.05) is 0 Å². The number of carbonyl (C=O) groups excluding carboxylic acids is 1. The zero-order chi connectivity index (χ0) is 11.8. The van der Waals surface area contributed by atoms with Crippen LogP contribution >= 0.6 is 23.7 Å². The van der Waals surface area contributed by atoms with Crippen LogP contribution in [-0.2, 0) is 11.3 Å². The van der Waals surface area contributed by atoms with Crippen LogP contribution in [-0.4, -0.2) is 11.9 Å². The maximum atomic E-state index is 12.2.